The molecule has 0 radical (unpaired) electrons. The molecule has 0 fully saturated rings. The molecule has 6 heteroatoms. The van der Waals surface area contributed by atoms with Gasteiger partial charge >= 0.3 is 0 Å². The van der Waals surface area contributed by atoms with E-state index in [1.165, 1.54) is 5.57 Å². The zero-order valence-electron chi connectivity index (χ0n) is 9.85. The summed E-state index contributed by atoms with van der Waals surface area (Å²) < 4.78 is 0. The number of nitrogens with one attached hydrogen (secondary N) is 1. The first-order chi connectivity index (χ1) is 8.18. The third-order valence-electron chi connectivity index (χ3n) is 2.34. The van der Waals surface area contributed by atoms with Crippen molar-refractivity contribution in [3.63, 3.8) is 0 Å². The lowest BCUT2D eigenvalue weighted by molar-refractivity contribution is -0.121. The van der Waals surface area contributed by atoms with Gasteiger partial charge in [0.05, 0.1) is 0 Å². The maximum absolute atomic E-state index is 11.4. The van der Waals surface area contributed by atoms with E-state index in [4.69, 9.17) is 11.5 Å². The zero-order chi connectivity index (χ0) is 12.5. The number of rotatable bonds is 7. The van der Waals surface area contributed by atoms with Gasteiger partial charge in [-0.1, -0.05) is 0 Å². The van der Waals surface area contributed by atoms with Gasteiger partial charge < -0.3 is 16.8 Å². The molecular weight excluding hydrogens is 218 g/mol. The Hall–Kier alpha value is -1.85. The van der Waals surface area contributed by atoms with E-state index in [9.17, 15) is 4.79 Å². The van der Waals surface area contributed by atoms with Crippen LogP contribution in [0.2, 0.25) is 0 Å². The lowest BCUT2D eigenvalue weighted by Crippen LogP contribution is -2.25. The smallest absolute Gasteiger partial charge is 0.220 e. The highest BCUT2D eigenvalue weighted by Crippen LogP contribution is 2.09. The average Bonchev–Trinajstić information content (AvgIpc) is 2.77. The maximum atomic E-state index is 11.4. The summed E-state index contributed by atoms with van der Waals surface area (Å²) in [6.45, 7) is 1.16. The largest absolute Gasteiger partial charge is 0.370 e. The van der Waals surface area contributed by atoms with Gasteiger partial charge in [0.1, 0.15) is 0 Å². The summed E-state index contributed by atoms with van der Waals surface area (Å²) in [5.74, 6) is 0.105. The fourth-order valence-corrected chi connectivity index (χ4v) is 1.45. The van der Waals surface area contributed by atoms with Gasteiger partial charge in [-0.2, -0.15) is 0 Å². The first kappa shape index (κ1) is 13.2. The van der Waals surface area contributed by atoms with Crippen LogP contribution in [0.3, 0.4) is 0 Å². The highest BCUT2D eigenvalue weighted by Gasteiger charge is 2.03. The zero-order valence-corrected chi connectivity index (χ0v) is 9.85. The summed E-state index contributed by atoms with van der Waals surface area (Å²) in [6.07, 6.45) is 6.60. The second-order valence-electron chi connectivity index (χ2n) is 3.83. The molecule has 1 rings (SSSR count). The molecule has 6 nitrogen and oxygen atoms in total. The number of carbonyl (C=O) groups is 1. The van der Waals surface area contributed by atoms with Crippen LogP contribution >= 0.6 is 0 Å². The van der Waals surface area contributed by atoms with Crippen molar-refractivity contribution in [2.24, 2.45) is 21.5 Å². The summed E-state index contributed by atoms with van der Waals surface area (Å²) >= 11 is 0. The Bertz CT molecular complexity index is 342. The molecule has 0 aromatic heterocycles. The van der Waals surface area contributed by atoms with E-state index in [-0.39, 0.29) is 11.9 Å². The van der Waals surface area contributed by atoms with E-state index in [1.807, 2.05) is 12.4 Å². The molecular formula is C11H19N5O. The van der Waals surface area contributed by atoms with Crippen molar-refractivity contribution in [2.45, 2.75) is 25.7 Å². The normalized spacial score (nSPS) is 13.3. The van der Waals surface area contributed by atoms with Crippen molar-refractivity contribution in [3.05, 3.63) is 11.8 Å². The minimum atomic E-state index is 0.0373. The molecule has 0 saturated carbocycles. The molecule has 5 N–H and O–H groups in total. The van der Waals surface area contributed by atoms with Crippen LogP contribution < -0.4 is 16.8 Å². The Kier molecular flexibility index (Phi) is 5.77. The van der Waals surface area contributed by atoms with Crippen molar-refractivity contribution >= 4 is 18.1 Å². The molecule has 0 atom stereocenters. The summed E-state index contributed by atoms with van der Waals surface area (Å²) in [7, 11) is 0. The monoisotopic (exact) mass is 237 g/mol. The average molecular weight is 237 g/mol. The van der Waals surface area contributed by atoms with Crippen LogP contribution in [0, 0.1) is 0 Å². The first-order valence-corrected chi connectivity index (χ1v) is 5.70. The molecule has 0 saturated heterocycles. The number of aliphatic imine (C=N–C) groups is 2. The van der Waals surface area contributed by atoms with E-state index in [1.54, 1.807) is 0 Å². The van der Waals surface area contributed by atoms with Gasteiger partial charge in [-0.15, -0.1) is 0 Å². The van der Waals surface area contributed by atoms with Crippen LogP contribution in [-0.4, -0.2) is 31.2 Å². The summed E-state index contributed by atoms with van der Waals surface area (Å²) in [6, 6.07) is 0. The summed E-state index contributed by atoms with van der Waals surface area (Å²) in [5, 5.41) is 2.85. The SMILES string of the molecule is NC(N)=NCCCC(=O)NCCC1=CN=CC1. The number of hydrogen-bond acceptors (Lipinski definition) is 3. The Labute approximate surface area is 101 Å². The van der Waals surface area contributed by atoms with Crippen molar-refractivity contribution in [2.75, 3.05) is 13.1 Å². The molecule has 0 aromatic carbocycles. The summed E-state index contributed by atoms with van der Waals surface area (Å²) in [5.41, 5.74) is 11.6. The molecule has 0 unspecified atom stereocenters. The third kappa shape index (κ3) is 6.34. The van der Waals surface area contributed by atoms with Gasteiger partial charge in [0.2, 0.25) is 5.91 Å². The minimum absolute atomic E-state index is 0.0373. The lowest BCUT2D eigenvalue weighted by Gasteiger charge is -2.04. The topological polar surface area (TPSA) is 106 Å². The number of carbonyl (C=O) groups excluding carboxylic acids is 1. The first-order valence-electron chi connectivity index (χ1n) is 5.70. The standard InChI is InChI=1S/C11H19N5O/c12-11(13)16-5-1-2-10(17)15-7-4-9-3-6-14-8-9/h6,8H,1-5,7H2,(H,15,17)(H4,12,13,16). The van der Waals surface area contributed by atoms with E-state index in [0.29, 0.717) is 25.9 Å². The molecule has 0 spiro atoms. The fraction of sp³-hybridized carbons (Fsp3) is 0.545. The maximum Gasteiger partial charge on any atom is 0.220 e. The second-order valence-corrected chi connectivity index (χ2v) is 3.83. The third-order valence-corrected chi connectivity index (χ3v) is 2.34. The number of nitrogens with zero attached hydrogens (tertiary/aromatic N) is 2. The number of guanidine groups is 1. The van der Waals surface area contributed by atoms with Crippen LogP contribution in [0.1, 0.15) is 25.7 Å². The quantitative estimate of drug-likeness (QED) is 0.327. The van der Waals surface area contributed by atoms with Crippen LogP contribution in [0.5, 0.6) is 0 Å². The highest BCUT2D eigenvalue weighted by molar-refractivity contribution is 5.76. The van der Waals surface area contributed by atoms with Crippen LogP contribution in [0.15, 0.2) is 21.8 Å². The van der Waals surface area contributed by atoms with Gasteiger partial charge in [-0.3, -0.25) is 14.8 Å². The fourth-order valence-electron chi connectivity index (χ4n) is 1.45. The van der Waals surface area contributed by atoms with Gasteiger partial charge in [0.15, 0.2) is 5.96 Å². The number of nitrogens with two attached hydrogens (primary N) is 2. The van der Waals surface area contributed by atoms with Gasteiger partial charge in [-0.25, -0.2) is 0 Å². The van der Waals surface area contributed by atoms with Crippen molar-refractivity contribution < 1.29 is 4.79 Å². The Balaban J connectivity index is 1.99. The van der Waals surface area contributed by atoms with E-state index in [2.05, 4.69) is 15.3 Å². The lowest BCUT2D eigenvalue weighted by atomic mass is 10.1. The molecule has 94 valence electrons. The minimum Gasteiger partial charge on any atom is -0.370 e. The van der Waals surface area contributed by atoms with Crippen molar-refractivity contribution in [3.8, 4) is 0 Å². The van der Waals surface area contributed by atoms with Gasteiger partial charge in [-0.05, 0) is 18.4 Å². The molecule has 1 heterocycles. The van der Waals surface area contributed by atoms with Crippen molar-refractivity contribution in [1.29, 1.82) is 0 Å². The van der Waals surface area contributed by atoms with E-state index in [0.717, 1.165) is 12.8 Å². The molecule has 1 aliphatic rings. The predicted octanol–water partition coefficient (Wildman–Crippen LogP) is -0.0953. The molecule has 0 bridgehead atoms. The Morgan fingerprint density at radius 3 is 3.00 bits per heavy atom. The van der Waals surface area contributed by atoms with E-state index < -0.39 is 0 Å². The number of hydrogen-bond donors (Lipinski definition) is 3. The Morgan fingerprint density at radius 2 is 2.35 bits per heavy atom. The molecule has 17 heavy (non-hydrogen) atoms. The number of amides is 1. The van der Waals surface area contributed by atoms with Crippen LogP contribution in [-0.2, 0) is 4.79 Å². The van der Waals surface area contributed by atoms with Gasteiger partial charge in [0, 0.05) is 38.3 Å². The molecule has 1 amide bonds. The van der Waals surface area contributed by atoms with Crippen LogP contribution in [0.4, 0.5) is 0 Å². The second kappa shape index (κ2) is 7.43. The highest BCUT2D eigenvalue weighted by atomic mass is 16.1. The molecule has 0 aliphatic carbocycles. The van der Waals surface area contributed by atoms with Crippen LogP contribution in [0.25, 0.3) is 0 Å². The molecule has 1 aliphatic heterocycles. The van der Waals surface area contributed by atoms with Crippen molar-refractivity contribution in [1.82, 2.24) is 5.32 Å². The summed E-state index contributed by atoms with van der Waals surface area (Å²) in [4.78, 5) is 19.2. The predicted molar refractivity (Wildman–Crippen MR) is 68.7 cm³/mol. The van der Waals surface area contributed by atoms with Gasteiger partial charge in [0.25, 0.3) is 0 Å². The Morgan fingerprint density at radius 1 is 1.53 bits per heavy atom. The van der Waals surface area contributed by atoms with E-state index >= 15 is 0 Å². The molecule has 0 aromatic rings.